The summed E-state index contributed by atoms with van der Waals surface area (Å²) in [6, 6.07) is 0. The van der Waals surface area contributed by atoms with Gasteiger partial charge >= 0.3 is 0 Å². The van der Waals surface area contributed by atoms with Crippen molar-refractivity contribution >= 4 is 15.9 Å². The van der Waals surface area contributed by atoms with Gasteiger partial charge in [-0.2, -0.15) is 0 Å². The molecule has 0 rings (SSSR count). The molecular formula is C7H8BrF. The van der Waals surface area contributed by atoms with Gasteiger partial charge in [0.15, 0.2) is 0 Å². The molecule has 0 saturated carbocycles. The van der Waals surface area contributed by atoms with Gasteiger partial charge in [0.1, 0.15) is 5.83 Å². The van der Waals surface area contributed by atoms with Gasteiger partial charge in [0.25, 0.3) is 0 Å². The van der Waals surface area contributed by atoms with Crippen LogP contribution in [0, 0.1) is 0 Å². The van der Waals surface area contributed by atoms with E-state index in [0.717, 1.165) is 0 Å². The molecule has 0 unspecified atom stereocenters. The fourth-order valence-electron chi connectivity index (χ4n) is 0.283. The summed E-state index contributed by atoms with van der Waals surface area (Å²) < 4.78 is 12.9. The van der Waals surface area contributed by atoms with E-state index in [4.69, 9.17) is 0 Å². The lowest BCUT2D eigenvalue weighted by molar-refractivity contribution is 0.655. The van der Waals surface area contributed by atoms with E-state index >= 15 is 0 Å². The molecule has 0 bridgehead atoms. The molecule has 0 aromatic carbocycles. The Balaban J connectivity index is 4.47. The molecule has 0 amide bonds. The number of halogens is 2. The van der Waals surface area contributed by atoms with E-state index < -0.39 is 5.83 Å². The largest absolute Gasteiger partial charge is 0.207 e. The standard InChI is InChI=1S/C7H8BrF/c1-4-7(8)5(2)6(3)9/h4H,1,3H2,2H3/b7-5+. The van der Waals surface area contributed by atoms with Crippen LogP contribution in [-0.4, -0.2) is 0 Å². The molecule has 0 aromatic rings. The van der Waals surface area contributed by atoms with E-state index in [1.807, 2.05) is 0 Å². The van der Waals surface area contributed by atoms with E-state index in [1.165, 1.54) is 6.08 Å². The lowest BCUT2D eigenvalue weighted by Crippen LogP contribution is -1.75. The van der Waals surface area contributed by atoms with Crippen LogP contribution in [0.25, 0.3) is 0 Å². The second kappa shape index (κ2) is 3.62. The second-order valence-electron chi connectivity index (χ2n) is 1.58. The number of hydrogen-bond acceptors (Lipinski definition) is 0. The molecule has 0 aliphatic heterocycles. The van der Waals surface area contributed by atoms with Crippen LogP contribution in [0.5, 0.6) is 0 Å². The zero-order valence-corrected chi connectivity index (χ0v) is 6.83. The van der Waals surface area contributed by atoms with Gasteiger partial charge in [-0.3, -0.25) is 0 Å². The van der Waals surface area contributed by atoms with Crippen molar-refractivity contribution in [2.75, 3.05) is 0 Å². The Labute approximate surface area is 62.9 Å². The topological polar surface area (TPSA) is 0 Å². The molecule has 9 heavy (non-hydrogen) atoms. The summed E-state index contributed by atoms with van der Waals surface area (Å²) in [5, 5.41) is 0. The maximum Gasteiger partial charge on any atom is 0.120 e. The van der Waals surface area contributed by atoms with Crippen molar-refractivity contribution in [1.29, 1.82) is 0 Å². The fraction of sp³-hybridized carbons (Fsp3) is 0.143. The van der Waals surface area contributed by atoms with Gasteiger partial charge in [-0.15, -0.1) is 0 Å². The average Bonchev–Trinajstić information content (AvgIpc) is 1.84. The highest BCUT2D eigenvalue weighted by molar-refractivity contribution is 9.11. The average molecular weight is 191 g/mol. The van der Waals surface area contributed by atoms with Crippen molar-refractivity contribution < 1.29 is 4.39 Å². The summed E-state index contributed by atoms with van der Waals surface area (Å²) >= 11 is 3.10. The van der Waals surface area contributed by atoms with E-state index in [9.17, 15) is 4.39 Å². The van der Waals surface area contributed by atoms with Gasteiger partial charge in [-0.25, -0.2) is 4.39 Å². The maximum absolute atomic E-state index is 12.2. The Morgan fingerprint density at radius 3 is 2.22 bits per heavy atom. The summed E-state index contributed by atoms with van der Waals surface area (Å²) in [6.45, 7) is 8.21. The molecule has 0 aliphatic rings. The lowest BCUT2D eigenvalue weighted by atomic mass is 10.2. The molecule has 0 radical (unpaired) electrons. The summed E-state index contributed by atoms with van der Waals surface area (Å²) in [4.78, 5) is 0. The minimum atomic E-state index is -0.429. The zero-order valence-electron chi connectivity index (χ0n) is 5.25. The van der Waals surface area contributed by atoms with Crippen molar-refractivity contribution in [2.24, 2.45) is 0 Å². The normalized spacial score (nSPS) is 12.3. The molecule has 0 aliphatic carbocycles. The first-order valence-corrected chi connectivity index (χ1v) is 3.22. The first-order valence-electron chi connectivity index (χ1n) is 2.43. The highest BCUT2D eigenvalue weighted by atomic mass is 79.9. The predicted molar refractivity (Wildman–Crippen MR) is 42.1 cm³/mol. The van der Waals surface area contributed by atoms with Crippen molar-refractivity contribution in [2.45, 2.75) is 6.92 Å². The third kappa shape index (κ3) is 2.61. The van der Waals surface area contributed by atoms with Crippen LogP contribution in [0.15, 0.2) is 35.1 Å². The van der Waals surface area contributed by atoms with Gasteiger partial charge in [0.2, 0.25) is 0 Å². The summed E-state index contributed by atoms with van der Waals surface area (Å²) in [5.41, 5.74) is 0.491. The minimum Gasteiger partial charge on any atom is -0.207 e. The van der Waals surface area contributed by atoms with Crippen LogP contribution < -0.4 is 0 Å². The minimum absolute atomic E-state index is 0.429. The summed E-state index contributed by atoms with van der Waals surface area (Å²) in [6.07, 6.45) is 1.53. The molecule has 0 heterocycles. The number of allylic oxidation sites excluding steroid dienone is 4. The second-order valence-corrected chi connectivity index (χ2v) is 2.44. The molecule has 50 valence electrons. The molecule has 2 heteroatoms. The highest BCUT2D eigenvalue weighted by Crippen LogP contribution is 2.18. The quantitative estimate of drug-likeness (QED) is 0.587. The molecule has 0 atom stereocenters. The molecule has 0 nitrogen and oxygen atoms in total. The number of rotatable bonds is 2. The Kier molecular flexibility index (Phi) is 3.47. The van der Waals surface area contributed by atoms with E-state index in [0.29, 0.717) is 10.1 Å². The molecular weight excluding hydrogens is 183 g/mol. The van der Waals surface area contributed by atoms with Gasteiger partial charge in [-0.05, 0) is 12.5 Å². The van der Waals surface area contributed by atoms with E-state index in [1.54, 1.807) is 6.92 Å². The highest BCUT2D eigenvalue weighted by Gasteiger charge is 1.96. The lowest BCUT2D eigenvalue weighted by Gasteiger charge is -1.95. The molecule has 0 saturated heterocycles. The van der Waals surface area contributed by atoms with Crippen LogP contribution in [0.2, 0.25) is 0 Å². The van der Waals surface area contributed by atoms with Crippen molar-refractivity contribution in [3.8, 4) is 0 Å². The third-order valence-corrected chi connectivity index (χ3v) is 1.86. The predicted octanol–water partition coefficient (Wildman–Crippen LogP) is 3.32. The molecule has 0 aromatic heterocycles. The van der Waals surface area contributed by atoms with Crippen LogP contribution in [0.3, 0.4) is 0 Å². The van der Waals surface area contributed by atoms with E-state index in [2.05, 4.69) is 29.1 Å². The monoisotopic (exact) mass is 190 g/mol. The van der Waals surface area contributed by atoms with Crippen molar-refractivity contribution in [3.05, 3.63) is 35.1 Å². The van der Waals surface area contributed by atoms with Crippen LogP contribution in [0.1, 0.15) is 6.92 Å². The van der Waals surface area contributed by atoms with Crippen LogP contribution in [0.4, 0.5) is 4.39 Å². The molecule has 0 fully saturated rings. The maximum atomic E-state index is 12.2. The van der Waals surface area contributed by atoms with E-state index in [-0.39, 0.29) is 0 Å². The summed E-state index contributed by atoms with van der Waals surface area (Å²) in [7, 11) is 0. The Hall–Kier alpha value is -0.370. The first kappa shape index (κ1) is 8.63. The zero-order chi connectivity index (χ0) is 7.44. The number of hydrogen-bond donors (Lipinski definition) is 0. The SMILES string of the molecule is C=C/C(Br)=C(/C)C(=C)F. The Morgan fingerprint density at radius 1 is 1.67 bits per heavy atom. The van der Waals surface area contributed by atoms with Crippen LogP contribution >= 0.6 is 15.9 Å². The van der Waals surface area contributed by atoms with Gasteiger partial charge in [0, 0.05) is 4.48 Å². The van der Waals surface area contributed by atoms with Gasteiger partial charge in [-0.1, -0.05) is 35.2 Å². The first-order chi connectivity index (χ1) is 4.09. The van der Waals surface area contributed by atoms with Crippen molar-refractivity contribution in [3.63, 3.8) is 0 Å². The van der Waals surface area contributed by atoms with Crippen LogP contribution in [-0.2, 0) is 0 Å². The Morgan fingerprint density at radius 2 is 2.11 bits per heavy atom. The Bertz CT molecular complexity index is 168. The molecule has 0 spiro atoms. The third-order valence-electron chi connectivity index (χ3n) is 0.944. The fourth-order valence-corrected chi connectivity index (χ4v) is 0.498. The summed E-state index contributed by atoms with van der Waals surface area (Å²) in [5.74, 6) is -0.429. The van der Waals surface area contributed by atoms with Gasteiger partial charge in [0.05, 0.1) is 0 Å². The molecule has 0 N–H and O–H groups in total. The smallest absolute Gasteiger partial charge is 0.120 e. The van der Waals surface area contributed by atoms with Gasteiger partial charge < -0.3 is 0 Å². The van der Waals surface area contributed by atoms with Crippen molar-refractivity contribution in [1.82, 2.24) is 0 Å².